The largest absolute Gasteiger partial charge is 0.338 e. The molecule has 1 aromatic heterocycles. The Morgan fingerprint density at radius 3 is 2.62 bits per heavy atom. The molecule has 2 aromatic rings. The molecule has 0 saturated heterocycles. The summed E-state index contributed by atoms with van der Waals surface area (Å²) in [6, 6.07) is 8.66. The van der Waals surface area contributed by atoms with Gasteiger partial charge in [-0.15, -0.1) is 0 Å². The van der Waals surface area contributed by atoms with Crippen LogP contribution in [0.3, 0.4) is 0 Å². The number of aromatic nitrogens is 2. The highest BCUT2D eigenvalue weighted by atomic mass is 16.2. The zero-order valence-corrected chi connectivity index (χ0v) is 14.5. The van der Waals surface area contributed by atoms with Gasteiger partial charge in [-0.2, -0.15) is 0 Å². The molecule has 1 aliphatic rings. The van der Waals surface area contributed by atoms with Crippen LogP contribution in [0.5, 0.6) is 0 Å². The van der Waals surface area contributed by atoms with Crippen molar-refractivity contribution in [1.82, 2.24) is 20.2 Å². The van der Waals surface area contributed by atoms with E-state index in [1.807, 2.05) is 18.3 Å². The molecule has 1 aliphatic carbocycles. The highest BCUT2D eigenvalue weighted by Gasteiger charge is 2.23. The molecule has 0 unspecified atom stereocenters. The maximum absolute atomic E-state index is 11.9. The van der Waals surface area contributed by atoms with Gasteiger partial charge < -0.3 is 15.2 Å². The number of amides is 2. The molecule has 0 aliphatic heterocycles. The van der Waals surface area contributed by atoms with Crippen molar-refractivity contribution in [3.05, 3.63) is 53.1 Å². The maximum atomic E-state index is 11.9. The summed E-state index contributed by atoms with van der Waals surface area (Å²) in [7, 11) is 0. The monoisotopic (exact) mass is 326 g/mol. The molecule has 2 N–H and O–H groups in total. The van der Waals surface area contributed by atoms with Crippen LogP contribution in [0.15, 0.2) is 30.5 Å². The average molecular weight is 326 g/mol. The highest BCUT2D eigenvalue weighted by Crippen LogP contribution is 2.33. The summed E-state index contributed by atoms with van der Waals surface area (Å²) >= 11 is 0. The van der Waals surface area contributed by atoms with Crippen LogP contribution in [0.4, 0.5) is 4.79 Å². The van der Waals surface area contributed by atoms with E-state index in [2.05, 4.69) is 46.2 Å². The third-order valence-electron chi connectivity index (χ3n) is 4.71. The summed E-state index contributed by atoms with van der Waals surface area (Å²) in [5, 5.41) is 5.81. The number of imidazole rings is 1. The smallest absolute Gasteiger partial charge is 0.315 e. The molecule has 5 heteroatoms. The lowest BCUT2D eigenvalue weighted by Crippen LogP contribution is -2.36. The van der Waals surface area contributed by atoms with Crippen molar-refractivity contribution in [2.75, 3.05) is 6.54 Å². The second-order valence-electron chi connectivity index (χ2n) is 6.62. The fraction of sp³-hybridized carbons (Fsp3) is 0.474. The quantitative estimate of drug-likeness (QED) is 0.856. The fourth-order valence-corrected chi connectivity index (χ4v) is 3.06. The minimum atomic E-state index is -0.131. The SMILES string of the molecule is Cc1ccc(CNC(=O)NCCc2ncc(C)n2C2CCC2)cc1. The van der Waals surface area contributed by atoms with E-state index < -0.39 is 0 Å². The Kier molecular flexibility index (Phi) is 5.18. The number of aryl methyl sites for hydroxylation is 2. The van der Waals surface area contributed by atoms with Crippen molar-refractivity contribution in [3.8, 4) is 0 Å². The van der Waals surface area contributed by atoms with Gasteiger partial charge in [0.1, 0.15) is 5.82 Å². The normalized spacial score (nSPS) is 14.2. The molecule has 3 rings (SSSR count). The van der Waals surface area contributed by atoms with Crippen molar-refractivity contribution < 1.29 is 4.79 Å². The van der Waals surface area contributed by atoms with Crippen LogP contribution >= 0.6 is 0 Å². The first-order chi connectivity index (χ1) is 11.6. The Morgan fingerprint density at radius 2 is 1.96 bits per heavy atom. The number of hydrogen-bond acceptors (Lipinski definition) is 2. The number of carbonyl (C=O) groups excluding carboxylic acids is 1. The van der Waals surface area contributed by atoms with E-state index in [0.29, 0.717) is 19.1 Å². The molecule has 5 nitrogen and oxygen atoms in total. The second kappa shape index (κ2) is 7.51. The van der Waals surface area contributed by atoms with Crippen LogP contribution < -0.4 is 10.6 Å². The van der Waals surface area contributed by atoms with Crippen molar-refractivity contribution >= 4 is 6.03 Å². The highest BCUT2D eigenvalue weighted by molar-refractivity contribution is 5.73. The Morgan fingerprint density at radius 1 is 1.21 bits per heavy atom. The first-order valence-corrected chi connectivity index (χ1v) is 8.73. The minimum absolute atomic E-state index is 0.131. The lowest BCUT2D eigenvalue weighted by Gasteiger charge is -2.29. The van der Waals surface area contributed by atoms with Crippen molar-refractivity contribution in [3.63, 3.8) is 0 Å². The number of nitrogens with zero attached hydrogens (tertiary/aromatic N) is 2. The van der Waals surface area contributed by atoms with Gasteiger partial charge in [0.2, 0.25) is 0 Å². The summed E-state index contributed by atoms with van der Waals surface area (Å²) < 4.78 is 2.34. The molecule has 128 valence electrons. The molecule has 24 heavy (non-hydrogen) atoms. The van der Waals surface area contributed by atoms with E-state index in [1.54, 1.807) is 0 Å². The Bertz CT molecular complexity index is 686. The van der Waals surface area contributed by atoms with Crippen molar-refractivity contribution in [2.45, 2.75) is 52.1 Å². The van der Waals surface area contributed by atoms with Gasteiger partial charge in [-0.25, -0.2) is 9.78 Å². The molecule has 0 radical (unpaired) electrons. The molecule has 1 fully saturated rings. The van der Waals surface area contributed by atoms with Crippen LogP contribution in [0.1, 0.15) is 47.9 Å². The average Bonchev–Trinajstić information content (AvgIpc) is 2.87. The van der Waals surface area contributed by atoms with Crippen LogP contribution in [0.2, 0.25) is 0 Å². The molecular formula is C19H26N4O. The molecule has 0 spiro atoms. The molecular weight excluding hydrogens is 300 g/mol. The van der Waals surface area contributed by atoms with Crippen LogP contribution in [0, 0.1) is 13.8 Å². The van der Waals surface area contributed by atoms with E-state index in [0.717, 1.165) is 17.8 Å². The van der Waals surface area contributed by atoms with Gasteiger partial charge in [0.15, 0.2) is 0 Å². The van der Waals surface area contributed by atoms with Gasteiger partial charge in [-0.1, -0.05) is 29.8 Å². The summed E-state index contributed by atoms with van der Waals surface area (Å²) in [5.74, 6) is 1.08. The first kappa shape index (κ1) is 16.6. The Labute approximate surface area is 143 Å². The third-order valence-corrected chi connectivity index (χ3v) is 4.71. The number of benzene rings is 1. The number of nitrogens with one attached hydrogen (secondary N) is 2. The lowest BCUT2D eigenvalue weighted by atomic mass is 9.92. The van der Waals surface area contributed by atoms with Crippen molar-refractivity contribution in [1.29, 1.82) is 0 Å². The Hall–Kier alpha value is -2.30. The minimum Gasteiger partial charge on any atom is -0.338 e. The Balaban J connectivity index is 1.43. The zero-order valence-electron chi connectivity index (χ0n) is 14.5. The van der Waals surface area contributed by atoms with Gasteiger partial charge in [0.25, 0.3) is 0 Å². The van der Waals surface area contributed by atoms with Gasteiger partial charge in [-0.3, -0.25) is 0 Å². The van der Waals surface area contributed by atoms with E-state index in [-0.39, 0.29) is 6.03 Å². The standard InChI is InChI=1S/C19H26N4O/c1-14-6-8-16(9-7-14)13-22-19(24)20-11-10-18-21-12-15(2)23(18)17-4-3-5-17/h6-9,12,17H,3-5,10-11,13H2,1-2H3,(H2,20,22,24). The van der Waals surface area contributed by atoms with Crippen LogP contribution in [0.25, 0.3) is 0 Å². The molecule has 2 amide bonds. The summed E-state index contributed by atoms with van der Waals surface area (Å²) in [4.78, 5) is 16.4. The van der Waals surface area contributed by atoms with Gasteiger partial charge in [0.05, 0.1) is 0 Å². The van der Waals surface area contributed by atoms with E-state index in [9.17, 15) is 4.79 Å². The van der Waals surface area contributed by atoms with Crippen molar-refractivity contribution in [2.24, 2.45) is 0 Å². The third kappa shape index (κ3) is 3.96. The predicted octanol–water partition coefficient (Wildman–Crippen LogP) is 3.27. The number of hydrogen-bond donors (Lipinski definition) is 2. The van der Waals surface area contributed by atoms with Gasteiger partial charge in [-0.05, 0) is 38.7 Å². The molecule has 0 bridgehead atoms. The second-order valence-corrected chi connectivity index (χ2v) is 6.62. The maximum Gasteiger partial charge on any atom is 0.315 e. The summed E-state index contributed by atoms with van der Waals surface area (Å²) in [5.41, 5.74) is 3.55. The molecule has 0 atom stereocenters. The topological polar surface area (TPSA) is 59.0 Å². The number of carbonyl (C=O) groups is 1. The molecule has 1 heterocycles. The fourth-order valence-electron chi connectivity index (χ4n) is 3.06. The molecule has 1 saturated carbocycles. The van der Waals surface area contributed by atoms with Gasteiger partial charge >= 0.3 is 6.03 Å². The van der Waals surface area contributed by atoms with E-state index in [1.165, 1.54) is 30.5 Å². The number of urea groups is 1. The van der Waals surface area contributed by atoms with Crippen LogP contribution in [-0.2, 0) is 13.0 Å². The zero-order chi connectivity index (χ0) is 16.9. The number of rotatable bonds is 6. The lowest BCUT2D eigenvalue weighted by molar-refractivity contribution is 0.240. The molecule has 1 aromatic carbocycles. The summed E-state index contributed by atoms with van der Waals surface area (Å²) in [6.45, 7) is 5.31. The van der Waals surface area contributed by atoms with Crippen LogP contribution in [-0.4, -0.2) is 22.1 Å². The van der Waals surface area contributed by atoms with E-state index in [4.69, 9.17) is 0 Å². The van der Waals surface area contributed by atoms with Gasteiger partial charge in [0, 0.05) is 37.4 Å². The summed E-state index contributed by atoms with van der Waals surface area (Å²) in [6.07, 6.45) is 6.50. The predicted molar refractivity (Wildman–Crippen MR) is 95.0 cm³/mol. The first-order valence-electron chi connectivity index (χ1n) is 8.73. The van der Waals surface area contributed by atoms with E-state index >= 15 is 0 Å².